The molecule has 0 radical (unpaired) electrons. The predicted molar refractivity (Wildman–Crippen MR) is 132 cm³/mol. The molecule has 0 aromatic rings. The number of fused-ring (bicyclic) bond motifs is 1. The number of esters is 2. The lowest BCUT2D eigenvalue weighted by Crippen LogP contribution is -2.47. The van der Waals surface area contributed by atoms with E-state index in [0.717, 1.165) is 17.6 Å². The zero-order valence-electron chi connectivity index (χ0n) is 21.4. The second kappa shape index (κ2) is 11.8. The van der Waals surface area contributed by atoms with Crippen molar-refractivity contribution in [1.29, 1.82) is 0 Å². The number of hydrogen-bond donors (Lipinski definition) is 1. The van der Waals surface area contributed by atoms with E-state index in [1.165, 1.54) is 6.92 Å². The van der Waals surface area contributed by atoms with E-state index in [4.69, 9.17) is 9.47 Å². The van der Waals surface area contributed by atoms with Crippen molar-refractivity contribution < 1.29 is 29.0 Å². The van der Waals surface area contributed by atoms with Gasteiger partial charge in [0, 0.05) is 25.2 Å². The van der Waals surface area contributed by atoms with Gasteiger partial charge < -0.3 is 14.6 Å². The van der Waals surface area contributed by atoms with Gasteiger partial charge in [-0.1, -0.05) is 55.9 Å². The summed E-state index contributed by atoms with van der Waals surface area (Å²) < 4.78 is 10.9. The monoisotopic (exact) mass is 472 g/mol. The van der Waals surface area contributed by atoms with Crippen LogP contribution in [0.1, 0.15) is 67.2 Å². The number of allylic oxidation sites excluding steroid dienone is 5. The normalized spacial score (nSPS) is 29.8. The van der Waals surface area contributed by atoms with Crippen molar-refractivity contribution in [2.45, 2.75) is 85.5 Å². The maximum absolute atomic E-state index is 12.8. The first-order valence-electron chi connectivity index (χ1n) is 12.2. The van der Waals surface area contributed by atoms with Crippen molar-refractivity contribution in [2.24, 2.45) is 23.2 Å². The third-order valence-corrected chi connectivity index (χ3v) is 7.42. The second-order valence-electron chi connectivity index (χ2n) is 10.1. The van der Waals surface area contributed by atoms with Crippen LogP contribution in [-0.2, 0) is 23.9 Å². The predicted octanol–water partition coefficient (Wildman–Crippen LogP) is 4.88. The van der Waals surface area contributed by atoms with Gasteiger partial charge in [0.15, 0.2) is 5.78 Å². The van der Waals surface area contributed by atoms with Crippen LogP contribution < -0.4 is 0 Å². The van der Waals surface area contributed by atoms with Crippen LogP contribution in [0.5, 0.6) is 0 Å². The molecule has 6 nitrogen and oxygen atoms in total. The van der Waals surface area contributed by atoms with E-state index in [2.05, 4.69) is 20.4 Å². The molecule has 0 aromatic carbocycles. The molecule has 0 heterocycles. The second-order valence-corrected chi connectivity index (χ2v) is 10.1. The lowest BCUT2D eigenvalue weighted by molar-refractivity contribution is -0.163. The largest absolute Gasteiger partial charge is 0.463 e. The number of rotatable bonds is 9. The zero-order chi connectivity index (χ0) is 25.6. The fraction of sp³-hybridized carbons (Fsp3) is 0.607. The molecule has 1 fully saturated rings. The number of aliphatic hydroxyl groups is 1. The van der Waals surface area contributed by atoms with E-state index in [-0.39, 0.29) is 41.2 Å². The quantitative estimate of drug-likeness (QED) is 0.292. The van der Waals surface area contributed by atoms with E-state index < -0.39 is 18.0 Å². The summed E-state index contributed by atoms with van der Waals surface area (Å²) in [5.74, 6) is -1.48. The van der Waals surface area contributed by atoms with Crippen LogP contribution in [0.4, 0.5) is 0 Å². The lowest BCUT2D eigenvalue weighted by atomic mass is 9.57. The Kier molecular flexibility index (Phi) is 9.63. The molecule has 6 heteroatoms. The number of aliphatic hydroxyl groups excluding tert-OH is 1. The Bertz CT molecular complexity index is 881. The topological polar surface area (TPSA) is 89.9 Å². The molecule has 0 aliphatic heterocycles. The summed E-state index contributed by atoms with van der Waals surface area (Å²) in [6.45, 7) is 14.9. The molecule has 0 aromatic heterocycles. The average molecular weight is 473 g/mol. The number of hydrogen-bond acceptors (Lipinski definition) is 6. The van der Waals surface area contributed by atoms with Gasteiger partial charge in [-0.3, -0.25) is 14.4 Å². The van der Waals surface area contributed by atoms with Gasteiger partial charge in [-0.15, -0.1) is 0 Å². The molecule has 0 spiro atoms. The van der Waals surface area contributed by atoms with Crippen molar-refractivity contribution in [3.8, 4) is 0 Å². The first kappa shape index (κ1) is 27.8. The minimum absolute atomic E-state index is 0.0495. The average Bonchev–Trinajstić information content (AvgIpc) is 2.75. The Morgan fingerprint density at radius 3 is 2.59 bits per heavy atom. The highest BCUT2D eigenvalue weighted by atomic mass is 16.5. The molecule has 188 valence electrons. The van der Waals surface area contributed by atoms with Crippen LogP contribution in [0.15, 0.2) is 48.1 Å². The summed E-state index contributed by atoms with van der Waals surface area (Å²) in [4.78, 5) is 36.2. The molecule has 34 heavy (non-hydrogen) atoms. The van der Waals surface area contributed by atoms with Gasteiger partial charge >= 0.3 is 11.9 Å². The number of ether oxygens (including phenoxy) is 2. The molecule has 2 rings (SSSR count). The highest BCUT2D eigenvalue weighted by Crippen LogP contribution is 2.53. The molecule has 7 atom stereocenters. The van der Waals surface area contributed by atoms with Crippen LogP contribution in [-0.4, -0.2) is 41.1 Å². The Balaban J connectivity index is 1.95. The van der Waals surface area contributed by atoms with E-state index in [9.17, 15) is 19.5 Å². The summed E-state index contributed by atoms with van der Waals surface area (Å²) >= 11 is 0. The molecular weight excluding hydrogens is 432 g/mol. The maximum Gasteiger partial charge on any atom is 0.311 e. The first-order valence-corrected chi connectivity index (χ1v) is 12.2. The number of carbonyl (C=O) groups excluding carboxylic acids is 3. The molecule has 1 saturated carbocycles. The van der Waals surface area contributed by atoms with Gasteiger partial charge in [0.1, 0.15) is 12.2 Å². The Hall–Kier alpha value is -2.47. The van der Waals surface area contributed by atoms with E-state index >= 15 is 0 Å². The molecule has 0 bridgehead atoms. The summed E-state index contributed by atoms with van der Waals surface area (Å²) in [7, 11) is 0. The van der Waals surface area contributed by atoms with E-state index in [1.807, 2.05) is 13.0 Å². The van der Waals surface area contributed by atoms with Gasteiger partial charge in [0.2, 0.25) is 0 Å². The number of ketones is 1. The van der Waals surface area contributed by atoms with Crippen LogP contribution in [0.3, 0.4) is 0 Å². The van der Waals surface area contributed by atoms with Crippen LogP contribution in [0, 0.1) is 23.2 Å². The molecule has 0 saturated heterocycles. The third-order valence-electron chi connectivity index (χ3n) is 7.42. The van der Waals surface area contributed by atoms with Crippen molar-refractivity contribution in [3.63, 3.8) is 0 Å². The molecule has 2 aliphatic carbocycles. The van der Waals surface area contributed by atoms with E-state index in [0.29, 0.717) is 19.3 Å². The van der Waals surface area contributed by atoms with Crippen LogP contribution >= 0.6 is 0 Å². The number of carbonyl (C=O) groups is 3. The van der Waals surface area contributed by atoms with Gasteiger partial charge in [-0.05, 0) is 51.5 Å². The SMILES string of the molecule is C=C(C)C1CC2(C)C(=CC1=O)CCC(OC(=O)C(C)C(O)C=CC=CCC(C)OC(C)=O)C2C. The first-order chi connectivity index (χ1) is 15.9. The van der Waals surface area contributed by atoms with Crippen LogP contribution in [0.2, 0.25) is 0 Å². The highest BCUT2D eigenvalue weighted by molar-refractivity contribution is 5.95. The maximum atomic E-state index is 12.8. The zero-order valence-corrected chi connectivity index (χ0v) is 21.4. The molecular formula is C28H40O6. The fourth-order valence-corrected chi connectivity index (χ4v) is 4.89. The Labute approximate surface area is 203 Å². The molecule has 7 unspecified atom stereocenters. The summed E-state index contributed by atoms with van der Waals surface area (Å²) in [5.41, 5.74) is 1.78. The Morgan fingerprint density at radius 1 is 1.29 bits per heavy atom. The van der Waals surface area contributed by atoms with Crippen molar-refractivity contribution in [2.75, 3.05) is 0 Å². The van der Waals surface area contributed by atoms with Crippen molar-refractivity contribution >= 4 is 17.7 Å². The smallest absolute Gasteiger partial charge is 0.311 e. The summed E-state index contributed by atoms with van der Waals surface area (Å²) in [6.07, 6.45) is 9.77. The third kappa shape index (κ3) is 6.78. The summed E-state index contributed by atoms with van der Waals surface area (Å²) in [6, 6.07) is 0. The van der Waals surface area contributed by atoms with Gasteiger partial charge in [-0.25, -0.2) is 0 Å². The van der Waals surface area contributed by atoms with Crippen LogP contribution in [0.25, 0.3) is 0 Å². The molecule has 0 amide bonds. The molecule has 2 aliphatic rings. The standard InChI is InChI=1S/C28H40O6/c1-17(2)23-16-28(7)20(5)26(14-13-22(28)15-25(23)31)34-27(32)19(4)24(30)12-10-8-9-11-18(3)33-21(6)29/h8-10,12,15,18-20,23-24,26,30H,1,11,13-14,16H2,2-7H3. The minimum atomic E-state index is -0.979. The summed E-state index contributed by atoms with van der Waals surface area (Å²) in [5, 5.41) is 10.4. The molecule has 1 N–H and O–H groups in total. The lowest BCUT2D eigenvalue weighted by Gasteiger charge is -2.49. The minimum Gasteiger partial charge on any atom is -0.463 e. The Morgan fingerprint density at radius 2 is 1.97 bits per heavy atom. The van der Waals surface area contributed by atoms with E-state index in [1.54, 1.807) is 38.2 Å². The van der Waals surface area contributed by atoms with Gasteiger partial charge in [0.25, 0.3) is 0 Å². The fourth-order valence-electron chi connectivity index (χ4n) is 4.89. The van der Waals surface area contributed by atoms with Crippen molar-refractivity contribution in [1.82, 2.24) is 0 Å². The highest BCUT2D eigenvalue weighted by Gasteiger charge is 2.49. The van der Waals surface area contributed by atoms with Gasteiger partial charge in [-0.2, -0.15) is 0 Å². The van der Waals surface area contributed by atoms with Crippen molar-refractivity contribution in [3.05, 3.63) is 48.1 Å². The van der Waals surface area contributed by atoms with Gasteiger partial charge in [0.05, 0.1) is 12.0 Å².